The summed E-state index contributed by atoms with van der Waals surface area (Å²) in [6.07, 6.45) is 5.85. The van der Waals surface area contributed by atoms with Gasteiger partial charge in [0.25, 0.3) is 0 Å². The number of carbonyl (C=O) groups excluding carboxylic acids is 1. The van der Waals surface area contributed by atoms with Gasteiger partial charge in [-0.05, 0) is 37.5 Å². The van der Waals surface area contributed by atoms with Crippen molar-refractivity contribution in [3.05, 3.63) is 23.8 Å². The molecule has 3 N–H and O–H groups in total. The molecule has 158 valence electrons. The third kappa shape index (κ3) is 8.12. The van der Waals surface area contributed by atoms with Crippen LogP contribution in [0.1, 0.15) is 44.6 Å². The summed E-state index contributed by atoms with van der Waals surface area (Å²) in [4.78, 5) is 16.7. The standard InChI is InChI=1S/C20H32N4O3.HI/c1-4-21-20(23-14-19(25)24-16-8-6-5-7-9-16)22-13-15-10-11-17(26-2)18(12-15)27-3;/h10-12,16H,4-9,13-14H2,1-3H3,(H,24,25)(H2,21,22,23);1H. The summed E-state index contributed by atoms with van der Waals surface area (Å²) in [7, 11) is 3.22. The average molecular weight is 504 g/mol. The quantitative estimate of drug-likeness (QED) is 0.288. The molecule has 0 aromatic heterocycles. The predicted molar refractivity (Wildman–Crippen MR) is 123 cm³/mol. The van der Waals surface area contributed by atoms with Gasteiger partial charge in [-0.3, -0.25) is 4.79 Å². The van der Waals surface area contributed by atoms with Crippen LogP contribution in [0.3, 0.4) is 0 Å². The van der Waals surface area contributed by atoms with Gasteiger partial charge in [-0.1, -0.05) is 25.3 Å². The molecule has 1 aromatic rings. The maximum absolute atomic E-state index is 12.2. The summed E-state index contributed by atoms with van der Waals surface area (Å²) in [6.45, 7) is 3.41. The minimum Gasteiger partial charge on any atom is -0.493 e. The highest BCUT2D eigenvalue weighted by molar-refractivity contribution is 14.0. The van der Waals surface area contributed by atoms with Crippen LogP contribution < -0.4 is 25.4 Å². The first-order chi connectivity index (χ1) is 13.2. The van der Waals surface area contributed by atoms with Crippen LogP contribution in [0.25, 0.3) is 0 Å². The molecule has 0 spiro atoms. The second-order valence-electron chi connectivity index (χ2n) is 6.64. The Morgan fingerprint density at radius 3 is 2.46 bits per heavy atom. The van der Waals surface area contributed by atoms with Crippen LogP contribution in [0.5, 0.6) is 11.5 Å². The average Bonchev–Trinajstić information content (AvgIpc) is 2.70. The molecule has 0 unspecified atom stereocenters. The Morgan fingerprint density at radius 2 is 1.82 bits per heavy atom. The lowest BCUT2D eigenvalue weighted by Gasteiger charge is -2.23. The Labute approximate surface area is 185 Å². The van der Waals surface area contributed by atoms with E-state index in [4.69, 9.17) is 9.47 Å². The molecule has 0 saturated heterocycles. The zero-order valence-electron chi connectivity index (χ0n) is 17.0. The molecule has 2 rings (SSSR count). The Bertz CT molecular complexity index is 634. The fourth-order valence-corrected chi connectivity index (χ4v) is 3.18. The van der Waals surface area contributed by atoms with E-state index in [1.54, 1.807) is 14.2 Å². The molecule has 1 saturated carbocycles. The van der Waals surface area contributed by atoms with Gasteiger partial charge >= 0.3 is 0 Å². The number of rotatable bonds is 8. The van der Waals surface area contributed by atoms with Gasteiger partial charge in [-0.15, -0.1) is 24.0 Å². The number of nitrogens with one attached hydrogen (secondary N) is 3. The second kappa shape index (κ2) is 13.5. The van der Waals surface area contributed by atoms with Gasteiger partial charge in [0, 0.05) is 12.6 Å². The largest absolute Gasteiger partial charge is 0.493 e. The third-order valence-corrected chi connectivity index (χ3v) is 4.60. The van der Waals surface area contributed by atoms with Crippen LogP contribution in [0.2, 0.25) is 0 Å². The summed E-state index contributed by atoms with van der Waals surface area (Å²) in [5, 5.41) is 9.37. The molecule has 0 heterocycles. The van der Waals surface area contributed by atoms with Crippen molar-refractivity contribution in [2.75, 3.05) is 27.3 Å². The van der Waals surface area contributed by atoms with Gasteiger partial charge in [-0.25, -0.2) is 4.99 Å². The van der Waals surface area contributed by atoms with E-state index in [0.29, 0.717) is 30.0 Å². The summed E-state index contributed by atoms with van der Waals surface area (Å²) in [6, 6.07) is 6.03. The molecule has 1 aromatic carbocycles. The Hall–Kier alpha value is -1.71. The number of methoxy groups -OCH3 is 2. The maximum atomic E-state index is 12.2. The van der Waals surface area contributed by atoms with Crippen molar-refractivity contribution in [1.29, 1.82) is 0 Å². The van der Waals surface area contributed by atoms with Crippen molar-refractivity contribution in [2.24, 2.45) is 4.99 Å². The SMILES string of the molecule is CCNC(=NCc1ccc(OC)c(OC)c1)NCC(=O)NC1CCCCC1.I. The van der Waals surface area contributed by atoms with Crippen LogP contribution in [0.4, 0.5) is 0 Å². The van der Waals surface area contributed by atoms with Crippen molar-refractivity contribution >= 4 is 35.8 Å². The van der Waals surface area contributed by atoms with E-state index in [9.17, 15) is 4.79 Å². The Morgan fingerprint density at radius 1 is 1.11 bits per heavy atom. The summed E-state index contributed by atoms with van der Waals surface area (Å²) >= 11 is 0. The Kier molecular flexibility index (Phi) is 11.7. The lowest BCUT2D eigenvalue weighted by molar-refractivity contribution is -0.120. The van der Waals surface area contributed by atoms with Crippen LogP contribution in [0.15, 0.2) is 23.2 Å². The number of carbonyl (C=O) groups is 1. The second-order valence-corrected chi connectivity index (χ2v) is 6.64. The predicted octanol–water partition coefficient (Wildman–Crippen LogP) is 2.83. The number of benzene rings is 1. The molecular weight excluding hydrogens is 471 g/mol. The van der Waals surface area contributed by atoms with E-state index in [1.165, 1.54) is 19.3 Å². The first-order valence-electron chi connectivity index (χ1n) is 9.68. The molecule has 0 atom stereocenters. The van der Waals surface area contributed by atoms with Gasteiger partial charge < -0.3 is 25.4 Å². The summed E-state index contributed by atoms with van der Waals surface area (Å²) in [5.74, 6) is 1.99. The summed E-state index contributed by atoms with van der Waals surface area (Å²) < 4.78 is 10.6. The Balaban J connectivity index is 0.00000392. The number of nitrogens with zero attached hydrogens (tertiary/aromatic N) is 1. The molecule has 0 bridgehead atoms. The third-order valence-electron chi connectivity index (χ3n) is 4.60. The summed E-state index contributed by atoms with van der Waals surface area (Å²) in [5.41, 5.74) is 0.997. The van der Waals surface area contributed by atoms with Gasteiger partial charge in [0.1, 0.15) is 0 Å². The fraction of sp³-hybridized carbons (Fsp3) is 0.600. The smallest absolute Gasteiger partial charge is 0.239 e. The van der Waals surface area contributed by atoms with Crippen molar-refractivity contribution in [1.82, 2.24) is 16.0 Å². The van der Waals surface area contributed by atoms with Gasteiger partial charge in [0.05, 0.1) is 27.3 Å². The van der Waals surface area contributed by atoms with E-state index in [-0.39, 0.29) is 36.4 Å². The lowest BCUT2D eigenvalue weighted by atomic mass is 9.95. The highest BCUT2D eigenvalue weighted by Gasteiger charge is 2.15. The van der Waals surface area contributed by atoms with Crippen molar-refractivity contribution < 1.29 is 14.3 Å². The number of amides is 1. The zero-order valence-corrected chi connectivity index (χ0v) is 19.4. The molecule has 8 heteroatoms. The number of hydrogen-bond acceptors (Lipinski definition) is 4. The minimum atomic E-state index is 0. The van der Waals surface area contributed by atoms with Gasteiger partial charge in [0.15, 0.2) is 17.5 Å². The first-order valence-corrected chi connectivity index (χ1v) is 9.68. The fourth-order valence-electron chi connectivity index (χ4n) is 3.18. The number of halogens is 1. The minimum absolute atomic E-state index is 0. The molecule has 1 aliphatic rings. The van der Waals surface area contributed by atoms with Gasteiger partial charge in [0.2, 0.25) is 5.91 Å². The molecule has 1 fully saturated rings. The highest BCUT2D eigenvalue weighted by atomic mass is 127. The van der Waals surface area contributed by atoms with Crippen LogP contribution >= 0.6 is 24.0 Å². The zero-order chi connectivity index (χ0) is 19.5. The van der Waals surface area contributed by atoms with Crippen molar-refractivity contribution in [2.45, 2.75) is 51.6 Å². The number of hydrogen-bond donors (Lipinski definition) is 3. The van der Waals surface area contributed by atoms with Crippen molar-refractivity contribution in [3.8, 4) is 11.5 Å². The van der Waals surface area contributed by atoms with Crippen LogP contribution in [-0.2, 0) is 11.3 Å². The van der Waals surface area contributed by atoms with Crippen LogP contribution in [0, 0.1) is 0 Å². The molecule has 0 aliphatic heterocycles. The molecular formula is C20H33IN4O3. The first kappa shape index (κ1) is 24.3. The number of guanidine groups is 1. The van der Waals surface area contributed by atoms with E-state index < -0.39 is 0 Å². The van der Waals surface area contributed by atoms with E-state index in [0.717, 1.165) is 24.9 Å². The highest BCUT2D eigenvalue weighted by Crippen LogP contribution is 2.27. The van der Waals surface area contributed by atoms with E-state index >= 15 is 0 Å². The van der Waals surface area contributed by atoms with Crippen LogP contribution in [-0.4, -0.2) is 45.2 Å². The molecule has 1 amide bonds. The topological polar surface area (TPSA) is 84.0 Å². The van der Waals surface area contributed by atoms with Gasteiger partial charge in [-0.2, -0.15) is 0 Å². The monoisotopic (exact) mass is 504 g/mol. The lowest BCUT2D eigenvalue weighted by Crippen LogP contribution is -2.46. The number of ether oxygens (including phenoxy) is 2. The van der Waals surface area contributed by atoms with E-state index in [2.05, 4.69) is 20.9 Å². The normalized spacial score (nSPS) is 14.6. The van der Waals surface area contributed by atoms with Crippen molar-refractivity contribution in [3.63, 3.8) is 0 Å². The maximum Gasteiger partial charge on any atom is 0.239 e. The molecule has 0 radical (unpaired) electrons. The van der Waals surface area contributed by atoms with E-state index in [1.807, 2.05) is 25.1 Å². The molecule has 28 heavy (non-hydrogen) atoms. The number of aliphatic imine (C=N–C) groups is 1. The molecule has 1 aliphatic carbocycles. The molecule has 7 nitrogen and oxygen atoms in total.